The number of aryl methyl sites for hydroxylation is 3. The van der Waals surface area contributed by atoms with Gasteiger partial charge in [0.05, 0.1) is 11.4 Å². The molecule has 0 saturated heterocycles. The Kier molecular flexibility index (Phi) is 4.60. The maximum atomic E-state index is 4.53. The molecule has 0 aromatic carbocycles. The van der Waals surface area contributed by atoms with Crippen molar-refractivity contribution < 1.29 is 0 Å². The molecule has 20 heavy (non-hydrogen) atoms. The van der Waals surface area contributed by atoms with Crippen LogP contribution in [0.25, 0.3) is 0 Å². The zero-order valence-electron chi connectivity index (χ0n) is 13.1. The summed E-state index contributed by atoms with van der Waals surface area (Å²) >= 11 is 0. The van der Waals surface area contributed by atoms with E-state index in [1.165, 1.54) is 11.1 Å². The van der Waals surface area contributed by atoms with Gasteiger partial charge in [-0.25, -0.2) is 0 Å². The second-order valence-corrected chi connectivity index (χ2v) is 5.51. The summed E-state index contributed by atoms with van der Waals surface area (Å²) in [6.45, 7) is 13.1. The van der Waals surface area contributed by atoms with E-state index >= 15 is 0 Å². The smallest absolute Gasteiger partial charge is 0.0638 e. The Labute approximate surface area is 121 Å². The summed E-state index contributed by atoms with van der Waals surface area (Å²) in [6, 6.07) is 0.410. The summed E-state index contributed by atoms with van der Waals surface area (Å²) in [7, 11) is 0. The van der Waals surface area contributed by atoms with Crippen molar-refractivity contribution in [1.82, 2.24) is 24.9 Å². The van der Waals surface area contributed by atoms with E-state index in [1.807, 2.05) is 9.36 Å². The first-order valence-corrected chi connectivity index (χ1v) is 7.29. The van der Waals surface area contributed by atoms with Crippen LogP contribution in [0.2, 0.25) is 0 Å². The fourth-order valence-electron chi connectivity index (χ4n) is 2.18. The molecule has 2 heterocycles. The maximum Gasteiger partial charge on any atom is 0.0638 e. The van der Waals surface area contributed by atoms with E-state index in [0.29, 0.717) is 6.04 Å². The molecule has 1 N–H and O–H groups in total. The minimum atomic E-state index is 0.410. The van der Waals surface area contributed by atoms with E-state index in [4.69, 9.17) is 0 Å². The lowest BCUT2D eigenvalue weighted by atomic mass is 10.2. The lowest BCUT2D eigenvalue weighted by Gasteiger charge is -2.04. The molecule has 5 nitrogen and oxygen atoms in total. The summed E-state index contributed by atoms with van der Waals surface area (Å²) in [4.78, 5) is 0. The average Bonchev–Trinajstić information content (AvgIpc) is 2.94. The molecule has 0 atom stereocenters. The molecule has 0 unspecified atom stereocenters. The lowest BCUT2D eigenvalue weighted by Crippen LogP contribution is -2.13. The second kappa shape index (κ2) is 6.22. The molecule has 0 aliphatic carbocycles. The normalized spacial score (nSPS) is 11.5. The summed E-state index contributed by atoms with van der Waals surface area (Å²) in [5.41, 5.74) is 4.74. The predicted octanol–water partition coefficient (Wildman–Crippen LogP) is 2.59. The topological polar surface area (TPSA) is 47.7 Å². The third-order valence-electron chi connectivity index (χ3n) is 3.55. The van der Waals surface area contributed by atoms with Gasteiger partial charge in [0.1, 0.15) is 0 Å². The van der Waals surface area contributed by atoms with E-state index in [-0.39, 0.29) is 0 Å². The molecule has 0 bridgehead atoms. The first-order chi connectivity index (χ1) is 9.51. The van der Waals surface area contributed by atoms with Crippen molar-refractivity contribution in [3.05, 3.63) is 34.9 Å². The van der Waals surface area contributed by atoms with E-state index in [1.54, 1.807) is 0 Å². The standard InChI is InChI=1S/C15H25N5/c1-6-19-9-14(12(4)17-19)7-16-8-15-10-20(11(2)3)18-13(15)5/h9-11,16H,6-8H2,1-5H3. The Bertz CT molecular complexity index is 565. The molecular formula is C15H25N5. The molecule has 0 aliphatic rings. The van der Waals surface area contributed by atoms with Crippen molar-refractivity contribution in [2.24, 2.45) is 0 Å². The van der Waals surface area contributed by atoms with Crippen molar-refractivity contribution in [1.29, 1.82) is 0 Å². The van der Waals surface area contributed by atoms with Crippen LogP contribution in [0, 0.1) is 13.8 Å². The Morgan fingerprint density at radius 2 is 1.65 bits per heavy atom. The van der Waals surface area contributed by atoms with Crippen LogP contribution in [-0.4, -0.2) is 19.6 Å². The van der Waals surface area contributed by atoms with Gasteiger partial charge in [0.15, 0.2) is 0 Å². The van der Waals surface area contributed by atoms with E-state index in [2.05, 4.69) is 62.5 Å². The molecule has 2 aromatic rings. The van der Waals surface area contributed by atoms with Crippen molar-refractivity contribution in [3.8, 4) is 0 Å². The molecule has 110 valence electrons. The van der Waals surface area contributed by atoms with Gasteiger partial charge in [0, 0.05) is 49.2 Å². The first-order valence-electron chi connectivity index (χ1n) is 7.29. The number of rotatable bonds is 6. The largest absolute Gasteiger partial charge is 0.308 e. The van der Waals surface area contributed by atoms with E-state index < -0.39 is 0 Å². The maximum absolute atomic E-state index is 4.53. The Morgan fingerprint density at radius 3 is 2.15 bits per heavy atom. The molecule has 0 fully saturated rings. The van der Waals surface area contributed by atoms with Crippen molar-refractivity contribution in [3.63, 3.8) is 0 Å². The highest BCUT2D eigenvalue weighted by molar-refractivity contribution is 5.17. The summed E-state index contributed by atoms with van der Waals surface area (Å²) in [5, 5.41) is 12.5. The Balaban J connectivity index is 1.94. The van der Waals surface area contributed by atoms with Gasteiger partial charge in [-0.3, -0.25) is 9.36 Å². The second-order valence-electron chi connectivity index (χ2n) is 5.51. The number of aromatic nitrogens is 4. The van der Waals surface area contributed by atoms with Crippen LogP contribution < -0.4 is 5.32 Å². The van der Waals surface area contributed by atoms with Crippen LogP contribution >= 0.6 is 0 Å². The molecule has 0 spiro atoms. The number of nitrogens with zero attached hydrogens (tertiary/aromatic N) is 4. The van der Waals surface area contributed by atoms with Crippen LogP contribution in [0.1, 0.15) is 49.3 Å². The molecule has 0 aliphatic heterocycles. The molecule has 0 radical (unpaired) electrons. The summed E-state index contributed by atoms with van der Waals surface area (Å²) in [6.07, 6.45) is 4.25. The third kappa shape index (κ3) is 3.28. The van der Waals surface area contributed by atoms with Gasteiger partial charge in [-0.15, -0.1) is 0 Å². The fourth-order valence-corrected chi connectivity index (χ4v) is 2.18. The monoisotopic (exact) mass is 275 g/mol. The van der Waals surface area contributed by atoms with Crippen molar-refractivity contribution >= 4 is 0 Å². The van der Waals surface area contributed by atoms with Crippen LogP contribution in [0.5, 0.6) is 0 Å². The van der Waals surface area contributed by atoms with Gasteiger partial charge < -0.3 is 5.32 Å². The molecule has 2 rings (SSSR count). The van der Waals surface area contributed by atoms with Crippen molar-refractivity contribution in [2.45, 2.75) is 60.3 Å². The Morgan fingerprint density at radius 1 is 1.05 bits per heavy atom. The highest BCUT2D eigenvalue weighted by atomic mass is 15.3. The lowest BCUT2D eigenvalue weighted by molar-refractivity contribution is 0.528. The molecule has 2 aromatic heterocycles. The minimum absolute atomic E-state index is 0.410. The third-order valence-corrected chi connectivity index (χ3v) is 3.55. The zero-order valence-corrected chi connectivity index (χ0v) is 13.1. The van der Waals surface area contributed by atoms with Crippen LogP contribution in [0.3, 0.4) is 0 Å². The quantitative estimate of drug-likeness (QED) is 0.881. The van der Waals surface area contributed by atoms with Crippen LogP contribution in [-0.2, 0) is 19.6 Å². The number of hydrogen-bond acceptors (Lipinski definition) is 3. The highest BCUT2D eigenvalue weighted by Gasteiger charge is 2.08. The predicted molar refractivity (Wildman–Crippen MR) is 80.5 cm³/mol. The molecule has 0 saturated carbocycles. The fraction of sp³-hybridized carbons (Fsp3) is 0.600. The number of nitrogens with one attached hydrogen (secondary N) is 1. The van der Waals surface area contributed by atoms with Crippen LogP contribution in [0.4, 0.5) is 0 Å². The van der Waals surface area contributed by atoms with Gasteiger partial charge >= 0.3 is 0 Å². The van der Waals surface area contributed by atoms with Gasteiger partial charge in [-0.1, -0.05) is 0 Å². The first kappa shape index (κ1) is 14.8. The highest BCUT2D eigenvalue weighted by Crippen LogP contribution is 2.11. The van der Waals surface area contributed by atoms with Gasteiger partial charge in [-0.2, -0.15) is 10.2 Å². The van der Waals surface area contributed by atoms with Crippen molar-refractivity contribution in [2.75, 3.05) is 0 Å². The minimum Gasteiger partial charge on any atom is -0.308 e. The SMILES string of the molecule is CCn1cc(CNCc2cn(C(C)C)nc2C)c(C)n1. The van der Waals surface area contributed by atoms with Gasteiger partial charge in [0.25, 0.3) is 0 Å². The molecule has 5 heteroatoms. The molecule has 0 amide bonds. The van der Waals surface area contributed by atoms with E-state index in [9.17, 15) is 0 Å². The van der Waals surface area contributed by atoms with Crippen LogP contribution in [0.15, 0.2) is 12.4 Å². The number of hydrogen-bond donors (Lipinski definition) is 1. The Hall–Kier alpha value is -1.62. The zero-order chi connectivity index (χ0) is 14.7. The molecular weight excluding hydrogens is 250 g/mol. The van der Waals surface area contributed by atoms with Gasteiger partial charge in [0.2, 0.25) is 0 Å². The summed E-state index contributed by atoms with van der Waals surface area (Å²) < 4.78 is 4.00. The van der Waals surface area contributed by atoms with E-state index in [0.717, 1.165) is 31.0 Å². The average molecular weight is 275 g/mol. The summed E-state index contributed by atoms with van der Waals surface area (Å²) in [5.74, 6) is 0. The van der Waals surface area contributed by atoms with Gasteiger partial charge in [-0.05, 0) is 34.6 Å².